The molecule has 3 aromatic heterocycles. The van der Waals surface area contributed by atoms with E-state index in [1.807, 2.05) is 18.2 Å². The number of hydrogen-bond acceptors (Lipinski definition) is 4. The van der Waals surface area contributed by atoms with Crippen LogP contribution >= 0.6 is 0 Å². The molecule has 1 amide bonds. The third-order valence-electron chi connectivity index (χ3n) is 4.74. The van der Waals surface area contributed by atoms with Gasteiger partial charge in [-0.3, -0.25) is 19.9 Å². The summed E-state index contributed by atoms with van der Waals surface area (Å²) in [5, 5.41) is 7.88. The second-order valence-corrected chi connectivity index (χ2v) is 5.73. The molecule has 0 spiro atoms. The smallest absolute Gasteiger partial charge is 0.228 e. The average molecular weight is 293 g/mol. The molecule has 3 heterocycles. The van der Waals surface area contributed by atoms with E-state index in [9.17, 15) is 4.79 Å². The monoisotopic (exact) mass is 293 g/mol. The Bertz CT molecular complexity index is 844. The molecule has 0 aromatic carbocycles. The summed E-state index contributed by atoms with van der Waals surface area (Å²) < 4.78 is 0. The Hall–Kier alpha value is -2.76. The summed E-state index contributed by atoms with van der Waals surface area (Å²) in [5.74, 6) is -0.334. The maximum Gasteiger partial charge on any atom is 0.228 e. The van der Waals surface area contributed by atoms with Crippen LogP contribution in [0.25, 0.3) is 10.9 Å². The Morgan fingerprint density at radius 3 is 2.95 bits per heavy atom. The number of H-pyrrole nitrogens is 1. The normalized spacial score (nSPS) is 24.1. The fourth-order valence-electron chi connectivity index (χ4n) is 3.44. The van der Waals surface area contributed by atoms with E-state index in [2.05, 4.69) is 20.2 Å². The molecule has 110 valence electrons. The molecular formula is C16H15N5O. The number of hydrogen-bond donors (Lipinski definition) is 2. The number of rotatable bonds is 3. The first-order valence-corrected chi connectivity index (χ1v) is 7.21. The third kappa shape index (κ3) is 1.67. The predicted octanol–water partition coefficient (Wildman–Crippen LogP) is 1.65. The van der Waals surface area contributed by atoms with Gasteiger partial charge < -0.3 is 5.73 Å². The van der Waals surface area contributed by atoms with Crippen LogP contribution in [0, 0.1) is 0 Å². The van der Waals surface area contributed by atoms with E-state index >= 15 is 0 Å². The summed E-state index contributed by atoms with van der Waals surface area (Å²) in [6.07, 6.45) is 8.55. The minimum atomic E-state index is -0.710. The van der Waals surface area contributed by atoms with Crippen LogP contribution in [0.5, 0.6) is 0 Å². The van der Waals surface area contributed by atoms with Crippen molar-refractivity contribution in [2.75, 3.05) is 0 Å². The highest BCUT2D eigenvalue weighted by atomic mass is 16.1. The van der Waals surface area contributed by atoms with Gasteiger partial charge in [0.1, 0.15) is 0 Å². The molecule has 0 bridgehead atoms. The van der Waals surface area contributed by atoms with Crippen LogP contribution in [-0.4, -0.2) is 26.1 Å². The van der Waals surface area contributed by atoms with Gasteiger partial charge in [0.05, 0.1) is 23.3 Å². The molecule has 1 aliphatic carbocycles. The van der Waals surface area contributed by atoms with Crippen LogP contribution in [0.3, 0.4) is 0 Å². The molecule has 2 unspecified atom stereocenters. The Labute approximate surface area is 126 Å². The van der Waals surface area contributed by atoms with Gasteiger partial charge in [-0.15, -0.1) is 0 Å². The minimum Gasteiger partial charge on any atom is -0.369 e. The summed E-state index contributed by atoms with van der Waals surface area (Å²) >= 11 is 0. The fourth-order valence-corrected chi connectivity index (χ4v) is 3.44. The zero-order valence-corrected chi connectivity index (χ0v) is 11.9. The maximum atomic E-state index is 12.2. The van der Waals surface area contributed by atoms with Gasteiger partial charge in [-0.1, -0.05) is 6.07 Å². The van der Waals surface area contributed by atoms with Crippen LogP contribution in [0.2, 0.25) is 0 Å². The number of carbonyl (C=O) groups excluding carboxylic acids is 1. The van der Waals surface area contributed by atoms with Gasteiger partial charge in [0, 0.05) is 29.4 Å². The summed E-state index contributed by atoms with van der Waals surface area (Å²) in [6, 6.07) is 5.74. The number of fused-ring (bicyclic) bond motifs is 1. The quantitative estimate of drug-likeness (QED) is 0.767. The van der Waals surface area contributed by atoms with E-state index in [-0.39, 0.29) is 11.8 Å². The lowest BCUT2D eigenvalue weighted by Gasteiger charge is -2.47. The molecule has 0 saturated heterocycles. The van der Waals surface area contributed by atoms with Crippen LogP contribution < -0.4 is 5.73 Å². The lowest BCUT2D eigenvalue weighted by atomic mass is 9.55. The zero-order chi connectivity index (χ0) is 15.2. The first kappa shape index (κ1) is 12.9. The highest BCUT2D eigenvalue weighted by molar-refractivity contribution is 5.89. The number of nitrogens with zero attached hydrogens (tertiary/aromatic N) is 3. The Balaban J connectivity index is 1.82. The first-order chi connectivity index (χ1) is 10.7. The lowest BCUT2D eigenvalue weighted by molar-refractivity contribution is -0.127. The van der Waals surface area contributed by atoms with Crippen molar-refractivity contribution < 1.29 is 4.79 Å². The number of aromatic amines is 1. The second kappa shape index (κ2) is 4.62. The van der Waals surface area contributed by atoms with Gasteiger partial charge in [-0.2, -0.15) is 5.10 Å². The number of carbonyl (C=O) groups is 1. The second-order valence-electron chi connectivity index (χ2n) is 5.73. The third-order valence-corrected chi connectivity index (χ3v) is 4.74. The van der Waals surface area contributed by atoms with Crippen molar-refractivity contribution in [2.45, 2.75) is 24.2 Å². The van der Waals surface area contributed by atoms with Crippen molar-refractivity contribution in [1.82, 2.24) is 20.2 Å². The first-order valence-electron chi connectivity index (χ1n) is 7.21. The molecule has 1 fully saturated rings. The Morgan fingerprint density at radius 2 is 2.27 bits per heavy atom. The van der Waals surface area contributed by atoms with Crippen molar-refractivity contribution >= 4 is 16.8 Å². The molecular weight excluding hydrogens is 278 g/mol. The van der Waals surface area contributed by atoms with E-state index in [1.165, 1.54) is 0 Å². The summed E-state index contributed by atoms with van der Waals surface area (Å²) in [6.45, 7) is 0. The fraction of sp³-hybridized carbons (Fsp3) is 0.250. The van der Waals surface area contributed by atoms with Crippen LogP contribution in [-0.2, 0) is 10.2 Å². The number of nitrogens with two attached hydrogens (primary N) is 1. The van der Waals surface area contributed by atoms with E-state index in [0.29, 0.717) is 0 Å². The Kier molecular flexibility index (Phi) is 2.72. The summed E-state index contributed by atoms with van der Waals surface area (Å²) in [4.78, 5) is 20.9. The molecule has 3 aromatic rings. The maximum absolute atomic E-state index is 12.2. The average Bonchev–Trinajstić information content (AvgIpc) is 2.95. The topological polar surface area (TPSA) is 97.5 Å². The highest BCUT2D eigenvalue weighted by Crippen LogP contribution is 2.53. The minimum absolute atomic E-state index is 0.0199. The van der Waals surface area contributed by atoms with Gasteiger partial charge in [-0.25, -0.2) is 0 Å². The van der Waals surface area contributed by atoms with E-state index in [1.54, 1.807) is 24.8 Å². The molecule has 1 aliphatic rings. The van der Waals surface area contributed by atoms with Gasteiger partial charge in [0.15, 0.2) is 0 Å². The van der Waals surface area contributed by atoms with Gasteiger partial charge in [0.25, 0.3) is 0 Å². The molecule has 0 aliphatic heterocycles. The van der Waals surface area contributed by atoms with Crippen molar-refractivity contribution in [2.24, 2.45) is 5.73 Å². The predicted molar refractivity (Wildman–Crippen MR) is 81.0 cm³/mol. The zero-order valence-electron chi connectivity index (χ0n) is 11.9. The van der Waals surface area contributed by atoms with Crippen molar-refractivity contribution in [3.05, 3.63) is 54.2 Å². The van der Waals surface area contributed by atoms with Gasteiger partial charge in [-0.05, 0) is 30.5 Å². The number of aromatic nitrogens is 4. The van der Waals surface area contributed by atoms with E-state index in [0.717, 1.165) is 35.0 Å². The van der Waals surface area contributed by atoms with Crippen molar-refractivity contribution in [3.8, 4) is 0 Å². The molecule has 4 rings (SSSR count). The van der Waals surface area contributed by atoms with Gasteiger partial charge >= 0.3 is 0 Å². The van der Waals surface area contributed by atoms with E-state index in [4.69, 9.17) is 5.73 Å². The van der Waals surface area contributed by atoms with Crippen molar-refractivity contribution in [1.29, 1.82) is 0 Å². The van der Waals surface area contributed by atoms with Gasteiger partial charge in [0.2, 0.25) is 5.91 Å². The molecule has 1 saturated carbocycles. The molecule has 6 nitrogen and oxygen atoms in total. The SMILES string of the molecule is NC(=O)C1(c2cccnc2)CCC1c1cc2cn[nH]c2cn1. The molecule has 2 atom stereocenters. The molecule has 0 radical (unpaired) electrons. The molecule has 6 heteroatoms. The molecule has 3 N–H and O–H groups in total. The lowest BCUT2D eigenvalue weighted by Crippen LogP contribution is -2.52. The van der Waals surface area contributed by atoms with Crippen LogP contribution in [0.15, 0.2) is 43.0 Å². The van der Waals surface area contributed by atoms with Crippen LogP contribution in [0.1, 0.15) is 30.0 Å². The van der Waals surface area contributed by atoms with Crippen LogP contribution in [0.4, 0.5) is 0 Å². The number of pyridine rings is 2. The highest BCUT2D eigenvalue weighted by Gasteiger charge is 2.54. The van der Waals surface area contributed by atoms with Crippen molar-refractivity contribution in [3.63, 3.8) is 0 Å². The summed E-state index contributed by atoms with van der Waals surface area (Å²) in [5.41, 5.74) is 7.69. The standard InChI is InChI=1S/C16H15N5O/c17-15(22)16(11-2-1-5-18-8-11)4-3-12(16)13-6-10-7-20-21-14(10)9-19-13/h1-2,5-9,12H,3-4H2,(H2,17,22)(H,20,21). The number of primary amides is 1. The summed E-state index contributed by atoms with van der Waals surface area (Å²) in [7, 11) is 0. The molecule has 22 heavy (non-hydrogen) atoms. The Morgan fingerprint density at radius 1 is 1.36 bits per heavy atom. The largest absolute Gasteiger partial charge is 0.369 e. The number of nitrogens with one attached hydrogen (secondary N) is 1. The van der Waals surface area contributed by atoms with E-state index < -0.39 is 5.41 Å². The number of amides is 1.